The summed E-state index contributed by atoms with van der Waals surface area (Å²) in [4.78, 5) is 11.2. The Morgan fingerprint density at radius 2 is 2.29 bits per heavy atom. The predicted octanol–water partition coefficient (Wildman–Crippen LogP) is 2.24. The van der Waals surface area contributed by atoms with Crippen LogP contribution in [0.4, 0.5) is 10.1 Å². The van der Waals surface area contributed by atoms with Crippen molar-refractivity contribution in [2.45, 2.75) is 6.92 Å². The van der Waals surface area contributed by atoms with Crippen molar-refractivity contribution in [3.05, 3.63) is 28.5 Å². The lowest BCUT2D eigenvalue weighted by molar-refractivity contribution is 0.0521. The smallest absolute Gasteiger partial charge is 0.341 e. The van der Waals surface area contributed by atoms with Crippen LogP contribution in [0.25, 0.3) is 0 Å². The summed E-state index contributed by atoms with van der Waals surface area (Å²) in [7, 11) is 0. The minimum atomic E-state index is -0.806. The van der Waals surface area contributed by atoms with Gasteiger partial charge < -0.3 is 10.5 Å². The molecule has 0 radical (unpaired) electrons. The number of nitrogens with two attached hydrogens (primary N) is 1. The van der Waals surface area contributed by atoms with Gasteiger partial charge in [-0.05, 0) is 19.1 Å². The molecule has 0 atom stereocenters. The Morgan fingerprint density at radius 3 is 2.86 bits per heavy atom. The number of benzene rings is 1. The molecule has 0 aliphatic heterocycles. The van der Waals surface area contributed by atoms with Gasteiger partial charge in [-0.1, -0.05) is 11.6 Å². The Balaban J connectivity index is 3.13. The van der Waals surface area contributed by atoms with Crippen LogP contribution in [0.1, 0.15) is 17.3 Å². The Labute approximate surface area is 85.6 Å². The monoisotopic (exact) mass is 217 g/mol. The number of carbonyl (C=O) groups is 1. The third kappa shape index (κ3) is 2.14. The first-order chi connectivity index (χ1) is 6.56. The number of esters is 1. The second-order valence-corrected chi connectivity index (χ2v) is 2.99. The van der Waals surface area contributed by atoms with Crippen LogP contribution in [-0.2, 0) is 4.74 Å². The molecule has 0 saturated carbocycles. The molecule has 0 aliphatic rings. The van der Waals surface area contributed by atoms with Crippen LogP contribution in [0.5, 0.6) is 0 Å². The summed E-state index contributed by atoms with van der Waals surface area (Å²) >= 11 is 5.50. The van der Waals surface area contributed by atoms with Gasteiger partial charge in [0.05, 0.1) is 17.2 Å². The van der Waals surface area contributed by atoms with E-state index < -0.39 is 11.8 Å². The molecule has 76 valence electrons. The van der Waals surface area contributed by atoms with Crippen LogP contribution in [0, 0.1) is 5.82 Å². The summed E-state index contributed by atoms with van der Waals surface area (Å²) in [5.74, 6) is -1.57. The van der Waals surface area contributed by atoms with Crippen molar-refractivity contribution in [1.29, 1.82) is 0 Å². The average Bonchev–Trinajstić information content (AvgIpc) is 2.11. The lowest BCUT2D eigenvalue weighted by Gasteiger charge is -2.05. The number of hydrogen-bond acceptors (Lipinski definition) is 3. The zero-order chi connectivity index (χ0) is 10.7. The molecule has 1 rings (SSSR count). The second kappa shape index (κ2) is 4.28. The molecule has 3 nitrogen and oxygen atoms in total. The molecule has 0 bridgehead atoms. The molecule has 0 unspecified atom stereocenters. The van der Waals surface area contributed by atoms with E-state index in [0.29, 0.717) is 0 Å². The highest BCUT2D eigenvalue weighted by Crippen LogP contribution is 2.22. The largest absolute Gasteiger partial charge is 0.462 e. The van der Waals surface area contributed by atoms with Crippen LogP contribution in [0.15, 0.2) is 12.1 Å². The van der Waals surface area contributed by atoms with Gasteiger partial charge >= 0.3 is 5.97 Å². The summed E-state index contributed by atoms with van der Waals surface area (Å²) < 4.78 is 17.9. The van der Waals surface area contributed by atoms with Crippen LogP contribution < -0.4 is 5.73 Å². The van der Waals surface area contributed by atoms with Crippen molar-refractivity contribution in [3.63, 3.8) is 0 Å². The highest BCUT2D eigenvalue weighted by Gasteiger charge is 2.16. The summed E-state index contributed by atoms with van der Waals surface area (Å²) in [6, 6.07) is 2.43. The van der Waals surface area contributed by atoms with E-state index in [-0.39, 0.29) is 22.9 Å². The van der Waals surface area contributed by atoms with E-state index in [4.69, 9.17) is 17.3 Å². The van der Waals surface area contributed by atoms with Crippen LogP contribution in [0.2, 0.25) is 5.02 Å². The molecule has 1 aromatic rings. The predicted molar refractivity (Wildman–Crippen MR) is 51.8 cm³/mol. The number of ether oxygens (including phenoxy) is 1. The van der Waals surface area contributed by atoms with Gasteiger partial charge in [0.1, 0.15) is 0 Å². The molecule has 0 amide bonds. The third-order valence-electron chi connectivity index (χ3n) is 1.55. The number of carbonyl (C=O) groups excluding carboxylic acids is 1. The minimum absolute atomic E-state index is 0.171. The summed E-state index contributed by atoms with van der Waals surface area (Å²) in [5.41, 5.74) is 5.39. The zero-order valence-electron chi connectivity index (χ0n) is 7.51. The van der Waals surface area contributed by atoms with Crippen molar-refractivity contribution in [2.75, 3.05) is 12.3 Å². The quantitative estimate of drug-likeness (QED) is 0.611. The molecule has 0 fully saturated rings. The molecule has 0 heterocycles. The standard InChI is InChI=1S/C9H9ClFNO2/c1-2-14-9(13)6-3-5(12)4-7(10)8(6)11/h3-4H,2,12H2,1H3. The van der Waals surface area contributed by atoms with E-state index in [0.717, 1.165) is 0 Å². The highest BCUT2D eigenvalue weighted by molar-refractivity contribution is 6.31. The average molecular weight is 218 g/mol. The van der Waals surface area contributed by atoms with Gasteiger partial charge in [0.15, 0.2) is 5.82 Å². The Hall–Kier alpha value is -1.29. The second-order valence-electron chi connectivity index (χ2n) is 2.58. The molecule has 0 aliphatic carbocycles. The van der Waals surface area contributed by atoms with Crippen LogP contribution in [-0.4, -0.2) is 12.6 Å². The van der Waals surface area contributed by atoms with E-state index in [2.05, 4.69) is 4.74 Å². The molecule has 2 N–H and O–H groups in total. The molecular formula is C9H9ClFNO2. The lowest BCUT2D eigenvalue weighted by atomic mass is 10.2. The van der Waals surface area contributed by atoms with Gasteiger partial charge in [-0.15, -0.1) is 0 Å². The molecule has 14 heavy (non-hydrogen) atoms. The Morgan fingerprint density at radius 1 is 1.64 bits per heavy atom. The Kier molecular flexibility index (Phi) is 3.30. The SMILES string of the molecule is CCOC(=O)c1cc(N)cc(Cl)c1F. The van der Waals surface area contributed by atoms with E-state index in [9.17, 15) is 9.18 Å². The van der Waals surface area contributed by atoms with Gasteiger partial charge in [-0.3, -0.25) is 0 Å². The fourth-order valence-corrected chi connectivity index (χ4v) is 1.20. The fraction of sp³-hybridized carbons (Fsp3) is 0.222. The number of anilines is 1. The van der Waals surface area contributed by atoms with Gasteiger partial charge in [-0.25, -0.2) is 9.18 Å². The Bertz CT molecular complexity index is 368. The van der Waals surface area contributed by atoms with E-state index in [1.807, 2.05) is 0 Å². The van der Waals surface area contributed by atoms with Crippen molar-refractivity contribution in [1.82, 2.24) is 0 Å². The van der Waals surface area contributed by atoms with Crippen LogP contribution >= 0.6 is 11.6 Å². The van der Waals surface area contributed by atoms with E-state index >= 15 is 0 Å². The summed E-state index contributed by atoms with van der Waals surface area (Å²) in [5, 5.41) is -0.187. The summed E-state index contributed by atoms with van der Waals surface area (Å²) in [6.07, 6.45) is 0. The third-order valence-corrected chi connectivity index (χ3v) is 1.82. The first-order valence-corrected chi connectivity index (χ1v) is 4.35. The zero-order valence-corrected chi connectivity index (χ0v) is 8.27. The van der Waals surface area contributed by atoms with E-state index in [1.54, 1.807) is 6.92 Å². The van der Waals surface area contributed by atoms with Gasteiger partial charge in [-0.2, -0.15) is 0 Å². The normalized spacial score (nSPS) is 9.93. The maximum atomic E-state index is 13.3. The highest BCUT2D eigenvalue weighted by atomic mass is 35.5. The van der Waals surface area contributed by atoms with Crippen molar-refractivity contribution < 1.29 is 13.9 Å². The van der Waals surface area contributed by atoms with Gasteiger partial charge in [0, 0.05) is 5.69 Å². The van der Waals surface area contributed by atoms with Gasteiger partial charge in [0.25, 0.3) is 0 Å². The number of rotatable bonds is 2. The first-order valence-electron chi connectivity index (χ1n) is 3.98. The summed E-state index contributed by atoms with van der Waals surface area (Å²) in [6.45, 7) is 1.80. The maximum Gasteiger partial charge on any atom is 0.341 e. The van der Waals surface area contributed by atoms with Crippen molar-refractivity contribution in [3.8, 4) is 0 Å². The fourth-order valence-electron chi connectivity index (χ4n) is 0.967. The topological polar surface area (TPSA) is 52.3 Å². The number of hydrogen-bond donors (Lipinski definition) is 1. The maximum absolute atomic E-state index is 13.3. The van der Waals surface area contributed by atoms with Crippen LogP contribution in [0.3, 0.4) is 0 Å². The van der Waals surface area contributed by atoms with Crippen molar-refractivity contribution in [2.24, 2.45) is 0 Å². The molecular weight excluding hydrogens is 209 g/mol. The minimum Gasteiger partial charge on any atom is -0.462 e. The number of nitrogen functional groups attached to an aromatic ring is 1. The van der Waals surface area contributed by atoms with Crippen molar-refractivity contribution >= 4 is 23.3 Å². The molecule has 1 aromatic carbocycles. The molecule has 0 aromatic heterocycles. The lowest BCUT2D eigenvalue weighted by Crippen LogP contribution is -2.08. The van der Waals surface area contributed by atoms with Gasteiger partial charge in [0.2, 0.25) is 0 Å². The van der Waals surface area contributed by atoms with E-state index in [1.165, 1.54) is 12.1 Å². The molecule has 0 saturated heterocycles. The molecule has 0 spiro atoms. The molecule has 5 heteroatoms. The first kappa shape index (κ1) is 10.8. The number of halogens is 2.